The molecule has 0 saturated carbocycles. The van der Waals surface area contributed by atoms with Crippen molar-refractivity contribution in [2.24, 2.45) is 5.10 Å². The van der Waals surface area contributed by atoms with Gasteiger partial charge in [0.2, 0.25) is 0 Å². The van der Waals surface area contributed by atoms with Crippen LogP contribution in [0.15, 0.2) is 81.1 Å². The van der Waals surface area contributed by atoms with Crippen molar-refractivity contribution in [3.63, 3.8) is 0 Å². The van der Waals surface area contributed by atoms with E-state index in [1.54, 1.807) is 37.3 Å². The van der Waals surface area contributed by atoms with Crippen molar-refractivity contribution in [2.45, 2.75) is 6.92 Å². The van der Waals surface area contributed by atoms with Gasteiger partial charge in [0.15, 0.2) is 18.2 Å². The van der Waals surface area contributed by atoms with Gasteiger partial charge in [-0.25, -0.2) is 9.78 Å². The number of nitrogens with zero attached hydrogens (tertiary/aromatic N) is 3. The van der Waals surface area contributed by atoms with Crippen molar-refractivity contribution in [3.05, 3.63) is 92.1 Å². The minimum absolute atomic E-state index is 0.264. The number of hydrogen-bond acceptors (Lipinski definition) is 6. The standard InChI is InChI=1S/C25H19BrClN3O4/c1-2-33-22(31)15-34-23-19(26)12-16(13-20(23)27)14-28-30-24(17-8-4-3-5-9-17)29-21-11-7-6-10-18(21)25(30)32/h3-14H,2,15H2,1H3. The molecule has 0 N–H and O–H groups in total. The molecule has 0 unspecified atom stereocenters. The van der Waals surface area contributed by atoms with Crippen LogP contribution in [0.1, 0.15) is 12.5 Å². The number of rotatable bonds is 7. The average molecular weight is 541 g/mol. The molecular weight excluding hydrogens is 522 g/mol. The maximum atomic E-state index is 13.2. The number of esters is 1. The Labute approximate surface area is 208 Å². The SMILES string of the molecule is CCOC(=O)COc1c(Cl)cc(C=Nn2c(-c3ccccc3)nc3ccccc3c2=O)cc1Br. The summed E-state index contributed by atoms with van der Waals surface area (Å²) in [7, 11) is 0. The molecule has 9 heteroatoms. The van der Waals surface area contributed by atoms with Crippen molar-refractivity contribution in [2.75, 3.05) is 13.2 Å². The third kappa shape index (κ3) is 5.18. The Morgan fingerprint density at radius 1 is 1.15 bits per heavy atom. The monoisotopic (exact) mass is 539 g/mol. The molecule has 1 heterocycles. The molecule has 0 spiro atoms. The van der Waals surface area contributed by atoms with Gasteiger partial charge in [0, 0.05) is 5.56 Å². The maximum Gasteiger partial charge on any atom is 0.344 e. The fraction of sp³-hybridized carbons (Fsp3) is 0.120. The van der Waals surface area contributed by atoms with Crippen LogP contribution in [0.4, 0.5) is 0 Å². The smallest absolute Gasteiger partial charge is 0.344 e. The van der Waals surface area contributed by atoms with Gasteiger partial charge in [-0.1, -0.05) is 54.1 Å². The zero-order valence-corrected chi connectivity index (χ0v) is 20.4. The second-order valence-corrected chi connectivity index (χ2v) is 8.35. The largest absolute Gasteiger partial charge is 0.479 e. The minimum Gasteiger partial charge on any atom is -0.479 e. The summed E-state index contributed by atoms with van der Waals surface area (Å²) in [4.78, 5) is 29.5. The van der Waals surface area contributed by atoms with Crippen LogP contribution >= 0.6 is 27.5 Å². The van der Waals surface area contributed by atoms with E-state index in [4.69, 9.17) is 21.1 Å². The molecule has 4 aromatic rings. The van der Waals surface area contributed by atoms with Crippen molar-refractivity contribution in [1.82, 2.24) is 9.66 Å². The fourth-order valence-corrected chi connectivity index (χ4v) is 4.24. The van der Waals surface area contributed by atoms with Crippen LogP contribution in [0, 0.1) is 0 Å². The Bertz CT molecular complexity index is 1410. The van der Waals surface area contributed by atoms with E-state index >= 15 is 0 Å². The summed E-state index contributed by atoms with van der Waals surface area (Å²) >= 11 is 9.77. The van der Waals surface area contributed by atoms with Crippen molar-refractivity contribution in [1.29, 1.82) is 0 Å². The lowest BCUT2D eigenvalue weighted by Gasteiger charge is -2.11. The van der Waals surface area contributed by atoms with Crippen molar-refractivity contribution < 1.29 is 14.3 Å². The molecule has 0 aliphatic carbocycles. The molecule has 0 radical (unpaired) electrons. The molecule has 1 aromatic heterocycles. The zero-order chi connectivity index (χ0) is 24.1. The first-order chi connectivity index (χ1) is 16.5. The van der Waals surface area contributed by atoms with Crippen LogP contribution in [0.25, 0.3) is 22.3 Å². The molecule has 0 atom stereocenters. The Hall–Kier alpha value is -3.49. The fourth-order valence-electron chi connectivity index (χ4n) is 3.25. The highest BCUT2D eigenvalue weighted by Crippen LogP contribution is 2.34. The van der Waals surface area contributed by atoms with E-state index in [2.05, 4.69) is 26.0 Å². The molecule has 7 nitrogen and oxygen atoms in total. The highest BCUT2D eigenvalue weighted by molar-refractivity contribution is 9.10. The third-order valence-corrected chi connectivity index (χ3v) is 5.64. The van der Waals surface area contributed by atoms with Gasteiger partial charge in [-0.2, -0.15) is 9.78 Å². The Morgan fingerprint density at radius 2 is 1.88 bits per heavy atom. The van der Waals surface area contributed by atoms with E-state index in [0.29, 0.717) is 32.5 Å². The summed E-state index contributed by atoms with van der Waals surface area (Å²) in [6.07, 6.45) is 1.51. The number of fused-ring (bicyclic) bond motifs is 1. The van der Waals surface area contributed by atoms with E-state index in [-0.39, 0.29) is 23.8 Å². The molecule has 3 aromatic carbocycles. The number of para-hydroxylation sites is 1. The first-order valence-electron chi connectivity index (χ1n) is 10.4. The maximum absolute atomic E-state index is 13.2. The van der Waals surface area contributed by atoms with Gasteiger partial charge < -0.3 is 9.47 Å². The molecule has 34 heavy (non-hydrogen) atoms. The number of ether oxygens (including phenoxy) is 2. The molecule has 4 rings (SSSR count). The number of hydrogen-bond donors (Lipinski definition) is 0. The van der Waals surface area contributed by atoms with E-state index in [1.807, 2.05) is 36.4 Å². The van der Waals surface area contributed by atoms with Crippen LogP contribution in [0.5, 0.6) is 5.75 Å². The van der Waals surface area contributed by atoms with Gasteiger partial charge >= 0.3 is 5.97 Å². The first-order valence-corrected chi connectivity index (χ1v) is 11.5. The van der Waals surface area contributed by atoms with Crippen LogP contribution in [-0.4, -0.2) is 35.1 Å². The third-order valence-electron chi connectivity index (χ3n) is 4.77. The predicted octanol–water partition coefficient (Wildman–Crippen LogP) is 5.30. The predicted molar refractivity (Wildman–Crippen MR) is 136 cm³/mol. The van der Waals surface area contributed by atoms with Crippen molar-refractivity contribution in [3.8, 4) is 17.1 Å². The molecule has 0 amide bonds. The quantitative estimate of drug-likeness (QED) is 0.235. The summed E-state index contributed by atoms with van der Waals surface area (Å²) in [6.45, 7) is 1.72. The first kappa shape index (κ1) is 23.7. The molecule has 0 fully saturated rings. The lowest BCUT2D eigenvalue weighted by molar-refractivity contribution is -0.145. The summed E-state index contributed by atoms with van der Waals surface area (Å²) in [6, 6.07) is 19.8. The van der Waals surface area contributed by atoms with E-state index < -0.39 is 5.97 Å². The van der Waals surface area contributed by atoms with Crippen LogP contribution < -0.4 is 10.3 Å². The Balaban J connectivity index is 1.72. The highest BCUT2D eigenvalue weighted by Gasteiger charge is 2.14. The average Bonchev–Trinajstić information content (AvgIpc) is 2.83. The molecule has 172 valence electrons. The van der Waals surface area contributed by atoms with Gasteiger partial charge in [-0.15, -0.1) is 0 Å². The van der Waals surface area contributed by atoms with Crippen LogP contribution in [-0.2, 0) is 9.53 Å². The van der Waals surface area contributed by atoms with E-state index in [0.717, 1.165) is 5.56 Å². The van der Waals surface area contributed by atoms with Crippen molar-refractivity contribution >= 4 is 50.6 Å². The lowest BCUT2D eigenvalue weighted by Crippen LogP contribution is -2.20. The number of aromatic nitrogens is 2. The summed E-state index contributed by atoms with van der Waals surface area (Å²) < 4.78 is 12.1. The normalized spacial score (nSPS) is 11.1. The van der Waals surface area contributed by atoms with E-state index in [9.17, 15) is 9.59 Å². The zero-order valence-electron chi connectivity index (χ0n) is 18.1. The molecule has 0 aliphatic rings. The summed E-state index contributed by atoms with van der Waals surface area (Å²) in [5.74, 6) is 0.231. The minimum atomic E-state index is -0.493. The van der Waals surface area contributed by atoms with Gasteiger partial charge in [-0.05, 0) is 52.7 Å². The highest BCUT2D eigenvalue weighted by atomic mass is 79.9. The second-order valence-electron chi connectivity index (χ2n) is 7.09. The molecular formula is C25H19BrClN3O4. The van der Waals surface area contributed by atoms with Gasteiger partial charge in [-0.3, -0.25) is 4.79 Å². The molecule has 0 bridgehead atoms. The van der Waals surface area contributed by atoms with Gasteiger partial charge in [0.05, 0.1) is 33.2 Å². The Morgan fingerprint density at radius 3 is 2.62 bits per heavy atom. The van der Waals surface area contributed by atoms with Gasteiger partial charge in [0.25, 0.3) is 5.56 Å². The summed E-state index contributed by atoms with van der Waals surface area (Å²) in [5, 5.41) is 5.17. The van der Waals surface area contributed by atoms with Crippen LogP contribution in [0.2, 0.25) is 5.02 Å². The number of carbonyl (C=O) groups is 1. The number of halogens is 2. The van der Waals surface area contributed by atoms with E-state index in [1.165, 1.54) is 10.9 Å². The topological polar surface area (TPSA) is 82.8 Å². The molecule has 0 saturated heterocycles. The number of benzene rings is 3. The summed E-state index contributed by atoms with van der Waals surface area (Å²) in [5.41, 5.74) is 1.66. The molecule has 0 aliphatic heterocycles. The van der Waals surface area contributed by atoms with Gasteiger partial charge in [0.1, 0.15) is 0 Å². The van der Waals surface area contributed by atoms with Crippen LogP contribution in [0.3, 0.4) is 0 Å². The number of carbonyl (C=O) groups excluding carboxylic acids is 1. The lowest BCUT2D eigenvalue weighted by atomic mass is 10.2. The Kier molecular flexibility index (Phi) is 7.40. The second kappa shape index (κ2) is 10.6.